The molecular weight excluding hydrogens is 169 g/mol. The van der Waals surface area contributed by atoms with Crippen molar-refractivity contribution < 1.29 is 10.0 Å². The minimum Gasteiger partial charge on any atom is -0.423 e. The summed E-state index contributed by atoms with van der Waals surface area (Å²) in [7, 11) is -1.69. The largest absolute Gasteiger partial charge is 0.488 e. The molecule has 0 aliphatic heterocycles. The first kappa shape index (κ1) is 9.20. The van der Waals surface area contributed by atoms with E-state index in [1.165, 1.54) is 12.1 Å². The van der Waals surface area contributed by atoms with Gasteiger partial charge < -0.3 is 10.0 Å². The zero-order valence-electron chi connectivity index (χ0n) is 6.47. The van der Waals surface area contributed by atoms with E-state index in [1.807, 2.05) is 0 Å². The Morgan fingerprint density at radius 2 is 1.62 bits per heavy atom. The Hall–Kier alpha value is -1.89. The van der Waals surface area contributed by atoms with E-state index in [1.54, 1.807) is 12.1 Å². The third kappa shape index (κ3) is 2.03. The van der Waals surface area contributed by atoms with Crippen molar-refractivity contribution in [3.63, 3.8) is 0 Å². The van der Waals surface area contributed by atoms with E-state index in [4.69, 9.17) is 20.6 Å². The summed E-state index contributed by atoms with van der Waals surface area (Å²) < 4.78 is 0. The van der Waals surface area contributed by atoms with Crippen LogP contribution in [-0.2, 0) is 0 Å². The zero-order chi connectivity index (χ0) is 9.84. The van der Waals surface area contributed by atoms with Gasteiger partial charge in [-0.15, -0.1) is 0 Å². The summed E-state index contributed by atoms with van der Waals surface area (Å²) in [6.07, 6.45) is 0. The molecule has 0 aliphatic rings. The maximum atomic E-state index is 8.77. The lowest BCUT2D eigenvalue weighted by molar-refractivity contribution is 0.425. The molecule has 0 amide bonds. The van der Waals surface area contributed by atoms with Gasteiger partial charge in [-0.2, -0.15) is 10.5 Å². The SMILES string of the molecule is N#Cc1cc(B(O)O)cc(C#N)n1. The summed E-state index contributed by atoms with van der Waals surface area (Å²) in [6.45, 7) is 0. The molecule has 62 valence electrons. The van der Waals surface area contributed by atoms with Gasteiger partial charge in [0.2, 0.25) is 0 Å². The van der Waals surface area contributed by atoms with E-state index in [0.29, 0.717) is 0 Å². The topological polar surface area (TPSA) is 101 Å². The van der Waals surface area contributed by atoms with Crippen molar-refractivity contribution in [3.05, 3.63) is 23.5 Å². The van der Waals surface area contributed by atoms with Gasteiger partial charge in [-0.05, 0) is 17.6 Å². The Bertz CT molecular complexity index is 373. The molecule has 0 saturated heterocycles. The van der Waals surface area contributed by atoms with Crippen LogP contribution in [-0.4, -0.2) is 22.2 Å². The quantitative estimate of drug-likeness (QED) is 0.503. The Morgan fingerprint density at radius 1 is 1.15 bits per heavy atom. The lowest BCUT2D eigenvalue weighted by atomic mass is 9.80. The summed E-state index contributed by atoms with van der Waals surface area (Å²) in [4.78, 5) is 3.61. The van der Waals surface area contributed by atoms with Gasteiger partial charge in [0.15, 0.2) is 0 Å². The molecule has 1 rings (SSSR count). The predicted molar refractivity (Wildman–Crippen MR) is 43.5 cm³/mol. The van der Waals surface area contributed by atoms with Gasteiger partial charge >= 0.3 is 7.12 Å². The van der Waals surface area contributed by atoms with E-state index >= 15 is 0 Å². The van der Waals surface area contributed by atoms with Gasteiger partial charge in [0, 0.05) is 0 Å². The van der Waals surface area contributed by atoms with E-state index in [2.05, 4.69) is 4.98 Å². The molecule has 0 spiro atoms. The molecule has 0 atom stereocenters. The van der Waals surface area contributed by atoms with Crippen LogP contribution in [0.5, 0.6) is 0 Å². The lowest BCUT2D eigenvalue weighted by Gasteiger charge is -1.98. The maximum absolute atomic E-state index is 8.77. The lowest BCUT2D eigenvalue weighted by Crippen LogP contribution is -2.30. The molecule has 5 nitrogen and oxygen atoms in total. The fourth-order valence-electron chi connectivity index (χ4n) is 0.815. The highest BCUT2D eigenvalue weighted by Crippen LogP contribution is 1.95. The summed E-state index contributed by atoms with van der Waals surface area (Å²) in [5.41, 5.74) is 0.0624. The van der Waals surface area contributed by atoms with Crippen molar-refractivity contribution in [2.45, 2.75) is 0 Å². The summed E-state index contributed by atoms with van der Waals surface area (Å²) >= 11 is 0. The van der Waals surface area contributed by atoms with E-state index in [9.17, 15) is 0 Å². The third-order valence-electron chi connectivity index (χ3n) is 1.37. The van der Waals surface area contributed by atoms with Crippen LogP contribution in [0.3, 0.4) is 0 Å². The highest BCUT2D eigenvalue weighted by atomic mass is 16.4. The molecule has 0 aromatic carbocycles. The van der Waals surface area contributed by atoms with E-state index in [0.717, 1.165) is 0 Å². The average molecular weight is 173 g/mol. The molecule has 0 unspecified atom stereocenters. The number of pyridine rings is 1. The third-order valence-corrected chi connectivity index (χ3v) is 1.37. The Labute approximate surface area is 74.6 Å². The van der Waals surface area contributed by atoms with E-state index in [-0.39, 0.29) is 16.9 Å². The fourth-order valence-corrected chi connectivity index (χ4v) is 0.815. The van der Waals surface area contributed by atoms with Crippen LogP contribution in [0.2, 0.25) is 0 Å². The monoisotopic (exact) mass is 173 g/mol. The second-order valence-electron chi connectivity index (χ2n) is 2.27. The van der Waals surface area contributed by atoms with Gasteiger partial charge in [-0.25, -0.2) is 4.98 Å². The van der Waals surface area contributed by atoms with Crippen molar-refractivity contribution in [2.24, 2.45) is 0 Å². The second-order valence-corrected chi connectivity index (χ2v) is 2.27. The van der Waals surface area contributed by atoms with Crippen LogP contribution < -0.4 is 5.46 Å². The zero-order valence-corrected chi connectivity index (χ0v) is 6.47. The van der Waals surface area contributed by atoms with Crippen molar-refractivity contribution in [1.82, 2.24) is 4.98 Å². The molecule has 0 aliphatic carbocycles. The molecule has 2 N–H and O–H groups in total. The van der Waals surface area contributed by atoms with Gasteiger partial charge in [0.1, 0.15) is 23.5 Å². The van der Waals surface area contributed by atoms with Crippen LogP contribution >= 0.6 is 0 Å². The number of hydrogen-bond donors (Lipinski definition) is 2. The molecule has 1 aromatic heterocycles. The molecule has 0 radical (unpaired) electrons. The molecular formula is C7H4BN3O2. The van der Waals surface area contributed by atoms with Crippen molar-refractivity contribution in [1.29, 1.82) is 10.5 Å². The molecule has 0 fully saturated rings. The standard InChI is InChI=1S/C7H4BN3O2/c9-3-6-1-5(8(12)13)2-7(4-10)11-6/h1-2,12-13H. The average Bonchev–Trinajstić information content (AvgIpc) is 2.16. The molecule has 0 bridgehead atoms. The summed E-state index contributed by atoms with van der Waals surface area (Å²) in [6, 6.07) is 5.85. The molecule has 13 heavy (non-hydrogen) atoms. The van der Waals surface area contributed by atoms with Crippen LogP contribution in [0, 0.1) is 22.7 Å². The first-order chi connectivity index (χ1) is 6.17. The van der Waals surface area contributed by atoms with Crippen LogP contribution in [0.25, 0.3) is 0 Å². The Morgan fingerprint density at radius 3 is 1.92 bits per heavy atom. The first-order valence-corrected chi connectivity index (χ1v) is 3.35. The molecule has 1 heterocycles. The van der Waals surface area contributed by atoms with Gasteiger partial charge in [0.25, 0.3) is 0 Å². The van der Waals surface area contributed by atoms with Crippen LogP contribution in [0.4, 0.5) is 0 Å². The summed E-state index contributed by atoms with van der Waals surface area (Å²) in [5, 5.41) is 34.5. The Kier molecular flexibility index (Phi) is 2.60. The highest BCUT2D eigenvalue weighted by molar-refractivity contribution is 6.58. The number of nitriles is 2. The molecule has 0 saturated carbocycles. The normalized spacial score (nSPS) is 8.62. The van der Waals surface area contributed by atoms with Crippen LogP contribution in [0.15, 0.2) is 12.1 Å². The first-order valence-electron chi connectivity index (χ1n) is 3.35. The van der Waals surface area contributed by atoms with Gasteiger partial charge in [0.05, 0.1) is 0 Å². The number of hydrogen-bond acceptors (Lipinski definition) is 5. The maximum Gasteiger partial charge on any atom is 0.488 e. The number of aromatic nitrogens is 1. The smallest absolute Gasteiger partial charge is 0.423 e. The Balaban J connectivity index is 3.27. The fraction of sp³-hybridized carbons (Fsp3) is 0. The molecule has 1 aromatic rings. The number of rotatable bonds is 1. The second kappa shape index (κ2) is 3.68. The van der Waals surface area contributed by atoms with Crippen molar-refractivity contribution in [3.8, 4) is 12.1 Å². The minimum absolute atomic E-state index is 0.0119. The van der Waals surface area contributed by atoms with Crippen molar-refractivity contribution in [2.75, 3.05) is 0 Å². The molecule has 6 heteroatoms. The predicted octanol–water partition coefficient (Wildman–Crippen LogP) is -1.50. The van der Waals surface area contributed by atoms with Crippen molar-refractivity contribution >= 4 is 12.6 Å². The number of nitrogens with zero attached hydrogens (tertiary/aromatic N) is 3. The van der Waals surface area contributed by atoms with E-state index < -0.39 is 7.12 Å². The minimum atomic E-state index is -1.69. The van der Waals surface area contributed by atoms with Gasteiger partial charge in [-0.1, -0.05) is 0 Å². The van der Waals surface area contributed by atoms with Crippen LogP contribution in [0.1, 0.15) is 11.4 Å². The highest BCUT2D eigenvalue weighted by Gasteiger charge is 2.13. The van der Waals surface area contributed by atoms with Gasteiger partial charge in [-0.3, -0.25) is 0 Å². The summed E-state index contributed by atoms with van der Waals surface area (Å²) in [5.74, 6) is 0.